The third-order valence-electron chi connectivity index (χ3n) is 2.88. The van der Waals surface area contributed by atoms with Crippen LogP contribution in [0.5, 0.6) is 5.75 Å². The summed E-state index contributed by atoms with van der Waals surface area (Å²) in [6.07, 6.45) is 2.06. The second-order valence-electron chi connectivity index (χ2n) is 4.44. The van der Waals surface area contributed by atoms with Crippen LogP contribution in [0.4, 0.5) is 0 Å². The molecule has 0 fully saturated rings. The Morgan fingerprint density at radius 3 is 2.60 bits per heavy atom. The number of nitrogens with one attached hydrogen (secondary N) is 1. The normalized spacial score (nSPS) is 11.7. The Labute approximate surface area is 118 Å². The number of amides is 1. The van der Waals surface area contributed by atoms with Crippen LogP contribution in [-0.4, -0.2) is 29.6 Å². The summed E-state index contributed by atoms with van der Waals surface area (Å²) >= 11 is 0. The molecule has 1 aromatic carbocycles. The van der Waals surface area contributed by atoms with Crippen molar-refractivity contribution in [2.24, 2.45) is 0 Å². The lowest BCUT2D eigenvalue weighted by Crippen LogP contribution is -2.40. The number of rotatable bonds is 8. The van der Waals surface area contributed by atoms with E-state index in [2.05, 4.69) is 5.32 Å². The van der Waals surface area contributed by atoms with Crippen LogP contribution in [0, 0.1) is 0 Å². The van der Waals surface area contributed by atoms with E-state index in [0.29, 0.717) is 24.3 Å². The Hall–Kier alpha value is -2.04. The van der Waals surface area contributed by atoms with E-state index in [-0.39, 0.29) is 0 Å². The number of carboxylic acid groups (broad SMARTS) is 1. The monoisotopic (exact) mass is 279 g/mol. The van der Waals surface area contributed by atoms with Crippen LogP contribution in [-0.2, 0) is 4.79 Å². The maximum atomic E-state index is 12.2. The van der Waals surface area contributed by atoms with Crippen LogP contribution in [0.2, 0.25) is 0 Å². The summed E-state index contributed by atoms with van der Waals surface area (Å²) in [5, 5.41) is 11.7. The molecule has 0 aliphatic carbocycles. The van der Waals surface area contributed by atoms with Gasteiger partial charge in [0.15, 0.2) is 0 Å². The molecule has 0 bridgehead atoms. The number of carboxylic acids is 1. The van der Waals surface area contributed by atoms with E-state index >= 15 is 0 Å². The number of ether oxygens (including phenoxy) is 1. The van der Waals surface area contributed by atoms with E-state index in [1.54, 1.807) is 24.3 Å². The highest BCUT2D eigenvalue weighted by molar-refractivity contribution is 5.98. The summed E-state index contributed by atoms with van der Waals surface area (Å²) < 4.78 is 5.37. The van der Waals surface area contributed by atoms with Gasteiger partial charge in [-0.2, -0.15) is 0 Å². The lowest BCUT2D eigenvalue weighted by molar-refractivity contribution is -0.139. The second kappa shape index (κ2) is 8.19. The van der Waals surface area contributed by atoms with Gasteiger partial charge in [0, 0.05) is 0 Å². The fourth-order valence-corrected chi connectivity index (χ4v) is 1.84. The van der Waals surface area contributed by atoms with Gasteiger partial charge < -0.3 is 15.2 Å². The molecule has 110 valence electrons. The van der Waals surface area contributed by atoms with Crippen LogP contribution in [0.1, 0.15) is 43.5 Å². The zero-order chi connectivity index (χ0) is 15.0. The van der Waals surface area contributed by atoms with Crippen molar-refractivity contribution >= 4 is 11.9 Å². The van der Waals surface area contributed by atoms with Crippen molar-refractivity contribution in [3.05, 3.63) is 29.8 Å². The van der Waals surface area contributed by atoms with Gasteiger partial charge in [-0.05, 0) is 25.5 Å². The van der Waals surface area contributed by atoms with E-state index in [0.717, 1.165) is 12.8 Å². The van der Waals surface area contributed by atoms with Crippen LogP contribution < -0.4 is 10.1 Å². The SMILES string of the molecule is CCCC[C@H](NC(=O)c1ccccc1OCC)C(=O)O. The number of unbranched alkanes of at least 4 members (excludes halogenated alkanes) is 1. The van der Waals surface area contributed by atoms with Crippen molar-refractivity contribution in [3.63, 3.8) is 0 Å². The Kier molecular flexibility index (Phi) is 6.56. The number of para-hydroxylation sites is 1. The molecular weight excluding hydrogens is 258 g/mol. The average Bonchev–Trinajstić information content (AvgIpc) is 2.43. The molecule has 0 saturated carbocycles. The lowest BCUT2D eigenvalue weighted by Gasteiger charge is -2.15. The maximum Gasteiger partial charge on any atom is 0.326 e. The van der Waals surface area contributed by atoms with E-state index in [4.69, 9.17) is 9.84 Å². The summed E-state index contributed by atoms with van der Waals surface area (Å²) in [5.41, 5.74) is 0.358. The molecule has 0 radical (unpaired) electrons. The summed E-state index contributed by atoms with van der Waals surface area (Å²) in [6, 6.07) is 5.95. The van der Waals surface area contributed by atoms with Crippen LogP contribution in [0.3, 0.4) is 0 Å². The number of carbonyl (C=O) groups excluding carboxylic acids is 1. The fraction of sp³-hybridized carbons (Fsp3) is 0.467. The summed E-state index contributed by atoms with van der Waals surface area (Å²) in [6.45, 7) is 4.25. The molecule has 1 atom stereocenters. The topological polar surface area (TPSA) is 75.6 Å². The van der Waals surface area contributed by atoms with Crippen LogP contribution >= 0.6 is 0 Å². The van der Waals surface area contributed by atoms with Crippen LogP contribution in [0.25, 0.3) is 0 Å². The zero-order valence-corrected chi connectivity index (χ0v) is 11.9. The van der Waals surface area contributed by atoms with Crippen molar-refractivity contribution in [2.45, 2.75) is 39.2 Å². The molecule has 0 saturated heterocycles. The summed E-state index contributed by atoms with van der Waals surface area (Å²) in [7, 11) is 0. The van der Waals surface area contributed by atoms with Crippen molar-refractivity contribution in [3.8, 4) is 5.75 Å². The third kappa shape index (κ3) is 4.57. The molecule has 0 aliphatic heterocycles. The first kappa shape index (κ1) is 16.0. The van der Waals surface area contributed by atoms with Gasteiger partial charge in [0.2, 0.25) is 0 Å². The average molecular weight is 279 g/mol. The van der Waals surface area contributed by atoms with Gasteiger partial charge in [-0.3, -0.25) is 4.79 Å². The van der Waals surface area contributed by atoms with E-state index in [1.807, 2.05) is 13.8 Å². The molecular formula is C15H21NO4. The molecule has 1 amide bonds. The Morgan fingerprint density at radius 1 is 1.30 bits per heavy atom. The predicted molar refractivity (Wildman–Crippen MR) is 76.0 cm³/mol. The number of hydrogen-bond acceptors (Lipinski definition) is 3. The lowest BCUT2D eigenvalue weighted by atomic mass is 10.1. The third-order valence-corrected chi connectivity index (χ3v) is 2.88. The van der Waals surface area contributed by atoms with Gasteiger partial charge in [-0.1, -0.05) is 31.9 Å². The first-order valence-corrected chi connectivity index (χ1v) is 6.85. The predicted octanol–water partition coefficient (Wildman–Crippen LogP) is 2.46. The smallest absolute Gasteiger partial charge is 0.326 e. The first-order valence-electron chi connectivity index (χ1n) is 6.85. The Morgan fingerprint density at radius 2 is 2.00 bits per heavy atom. The molecule has 20 heavy (non-hydrogen) atoms. The second-order valence-corrected chi connectivity index (χ2v) is 4.44. The molecule has 0 spiro atoms. The molecule has 0 aliphatic rings. The minimum Gasteiger partial charge on any atom is -0.493 e. The molecule has 0 unspecified atom stereocenters. The van der Waals surface area contributed by atoms with Crippen molar-refractivity contribution in [1.29, 1.82) is 0 Å². The van der Waals surface area contributed by atoms with Gasteiger partial charge in [0.05, 0.1) is 12.2 Å². The van der Waals surface area contributed by atoms with E-state index in [9.17, 15) is 9.59 Å². The number of aliphatic carboxylic acids is 1. The molecule has 1 rings (SSSR count). The quantitative estimate of drug-likeness (QED) is 0.766. The number of benzene rings is 1. The van der Waals surface area contributed by atoms with Gasteiger partial charge in [0.1, 0.15) is 11.8 Å². The van der Waals surface area contributed by atoms with Crippen LogP contribution in [0.15, 0.2) is 24.3 Å². The molecule has 5 heteroatoms. The number of carbonyl (C=O) groups is 2. The summed E-state index contributed by atoms with van der Waals surface area (Å²) in [4.78, 5) is 23.3. The van der Waals surface area contributed by atoms with Crippen molar-refractivity contribution < 1.29 is 19.4 Å². The number of hydrogen-bond donors (Lipinski definition) is 2. The standard InChI is InChI=1S/C15H21NO4/c1-3-5-9-12(15(18)19)16-14(17)11-8-6-7-10-13(11)20-4-2/h6-8,10,12H,3-5,9H2,1-2H3,(H,16,17)(H,18,19)/t12-/m0/s1. The highest BCUT2D eigenvalue weighted by atomic mass is 16.5. The van der Waals surface area contributed by atoms with Gasteiger partial charge in [-0.15, -0.1) is 0 Å². The molecule has 0 aromatic heterocycles. The van der Waals surface area contributed by atoms with Gasteiger partial charge in [0.25, 0.3) is 5.91 Å². The van der Waals surface area contributed by atoms with E-state index in [1.165, 1.54) is 0 Å². The van der Waals surface area contributed by atoms with Gasteiger partial charge in [-0.25, -0.2) is 4.79 Å². The molecule has 2 N–H and O–H groups in total. The minimum atomic E-state index is -1.01. The summed E-state index contributed by atoms with van der Waals surface area (Å²) in [5.74, 6) is -0.967. The Bertz CT molecular complexity index is 459. The largest absolute Gasteiger partial charge is 0.493 e. The highest BCUT2D eigenvalue weighted by Gasteiger charge is 2.21. The molecule has 1 aromatic rings. The van der Waals surface area contributed by atoms with Crippen molar-refractivity contribution in [2.75, 3.05) is 6.61 Å². The Balaban J connectivity index is 2.80. The zero-order valence-electron chi connectivity index (χ0n) is 11.9. The fourth-order valence-electron chi connectivity index (χ4n) is 1.84. The van der Waals surface area contributed by atoms with Crippen molar-refractivity contribution in [1.82, 2.24) is 5.32 Å². The minimum absolute atomic E-state index is 0.358. The van der Waals surface area contributed by atoms with Gasteiger partial charge >= 0.3 is 5.97 Å². The maximum absolute atomic E-state index is 12.2. The highest BCUT2D eigenvalue weighted by Crippen LogP contribution is 2.18. The first-order chi connectivity index (χ1) is 9.60. The molecule has 0 heterocycles. The van der Waals surface area contributed by atoms with E-state index < -0.39 is 17.9 Å². The molecule has 5 nitrogen and oxygen atoms in total.